The zero-order valence-corrected chi connectivity index (χ0v) is 18.3. The van der Waals surface area contributed by atoms with Crippen molar-refractivity contribution >= 4 is 34.3 Å². The smallest absolute Gasteiger partial charge is 0.253 e. The van der Waals surface area contributed by atoms with Crippen molar-refractivity contribution in [2.45, 2.75) is 19.0 Å². The van der Waals surface area contributed by atoms with Crippen LogP contribution in [0.3, 0.4) is 0 Å². The first-order chi connectivity index (χ1) is 15.5. The summed E-state index contributed by atoms with van der Waals surface area (Å²) in [6, 6.07) is 17.7. The van der Waals surface area contributed by atoms with E-state index >= 15 is 0 Å². The van der Waals surface area contributed by atoms with Crippen molar-refractivity contribution in [3.8, 4) is 0 Å². The summed E-state index contributed by atoms with van der Waals surface area (Å²) in [4.78, 5) is 35.2. The van der Waals surface area contributed by atoms with Crippen molar-refractivity contribution in [2.75, 3.05) is 7.05 Å². The molecule has 2 aromatic carbocycles. The van der Waals surface area contributed by atoms with Gasteiger partial charge in [0.05, 0.1) is 10.6 Å². The number of para-hydroxylation sites is 1. The van der Waals surface area contributed by atoms with Crippen LogP contribution in [0.1, 0.15) is 21.5 Å². The molecule has 0 aliphatic heterocycles. The molecule has 0 fully saturated rings. The Kier molecular flexibility index (Phi) is 6.52. The lowest BCUT2D eigenvalue weighted by atomic mass is 10.0. The molecule has 2 heterocycles. The number of likely N-dealkylation sites (N-methyl/N-ethyl adjacent to an activating group) is 1. The highest BCUT2D eigenvalue weighted by Gasteiger charge is 2.26. The third kappa shape index (κ3) is 4.81. The molecule has 1 unspecified atom stereocenters. The third-order valence-corrected chi connectivity index (χ3v) is 5.70. The maximum Gasteiger partial charge on any atom is 0.253 e. The van der Waals surface area contributed by atoms with Crippen molar-refractivity contribution in [3.63, 3.8) is 0 Å². The van der Waals surface area contributed by atoms with E-state index in [0.29, 0.717) is 23.6 Å². The number of nitrogens with one attached hydrogen (secondary N) is 2. The van der Waals surface area contributed by atoms with Crippen LogP contribution in [0.4, 0.5) is 0 Å². The second-order valence-electron chi connectivity index (χ2n) is 7.62. The molecular formula is C25H23ClN4O2. The van der Waals surface area contributed by atoms with Gasteiger partial charge in [0.25, 0.3) is 5.91 Å². The number of aromatic amines is 1. The molecule has 2 amide bonds. The topological polar surface area (TPSA) is 78.1 Å². The van der Waals surface area contributed by atoms with Gasteiger partial charge in [-0.15, -0.1) is 0 Å². The van der Waals surface area contributed by atoms with E-state index in [2.05, 4.69) is 15.3 Å². The average Bonchev–Trinajstić information content (AvgIpc) is 3.22. The predicted octanol–water partition coefficient (Wildman–Crippen LogP) is 4.22. The van der Waals surface area contributed by atoms with E-state index in [1.54, 1.807) is 48.6 Å². The minimum atomic E-state index is -0.759. The molecule has 6 nitrogen and oxygen atoms in total. The second kappa shape index (κ2) is 9.66. The number of benzene rings is 2. The zero-order chi connectivity index (χ0) is 22.5. The van der Waals surface area contributed by atoms with E-state index in [4.69, 9.17) is 11.6 Å². The Morgan fingerprint density at radius 1 is 1.06 bits per heavy atom. The molecule has 4 aromatic rings. The average molecular weight is 447 g/mol. The Balaban J connectivity index is 1.60. The van der Waals surface area contributed by atoms with Crippen LogP contribution in [0.2, 0.25) is 5.02 Å². The molecule has 0 saturated heterocycles. The van der Waals surface area contributed by atoms with Gasteiger partial charge in [-0.2, -0.15) is 0 Å². The lowest BCUT2D eigenvalue weighted by Crippen LogP contribution is -2.48. The van der Waals surface area contributed by atoms with Gasteiger partial charge in [-0.25, -0.2) is 0 Å². The Hall–Kier alpha value is -3.64. The number of hydrogen-bond donors (Lipinski definition) is 2. The van der Waals surface area contributed by atoms with Gasteiger partial charge < -0.3 is 15.2 Å². The third-order valence-electron chi connectivity index (χ3n) is 5.37. The van der Waals surface area contributed by atoms with E-state index in [1.807, 2.05) is 42.6 Å². The van der Waals surface area contributed by atoms with Crippen molar-refractivity contribution in [2.24, 2.45) is 0 Å². The van der Waals surface area contributed by atoms with Gasteiger partial charge >= 0.3 is 0 Å². The Morgan fingerprint density at radius 2 is 1.78 bits per heavy atom. The highest BCUT2D eigenvalue weighted by molar-refractivity contribution is 6.33. The zero-order valence-electron chi connectivity index (χ0n) is 17.6. The van der Waals surface area contributed by atoms with Crippen molar-refractivity contribution in [1.29, 1.82) is 0 Å². The van der Waals surface area contributed by atoms with Gasteiger partial charge in [-0.3, -0.25) is 14.6 Å². The van der Waals surface area contributed by atoms with Crippen LogP contribution < -0.4 is 5.32 Å². The number of carbonyl (C=O) groups excluding carboxylic acids is 2. The Morgan fingerprint density at radius 3 is 2.56 bits per heavy atom. The van der Waals surface area contributed by atoms with Gasteiger partial charge in [0.1, 0.15) is 6.04 Å². The fourth-order valence-corrected chi connectivity index (χ4v) is 3.93. The molecule has 7 heteroatoms. The number of H-pyrrole nitrogens is 1. The molecule has 0 aliphatic carbocycles. The number of carbonyl (C=O) groups is 2. The molecule has 0 radical (unpaired) electrons. The summed E-state index contributed by atoms with van der Waals surface area (Å²) in [6.07, 6.45) is 5.61. The Labute approximate surface area is 191 Å². The van der Waals surface area contributed by atoms with Crippen LogP contribution >= 0.6 is 11.6 Å². The largest absolute Gasteiger partial charge is 0.361 e. The number of hydrogen-bond acceptors (Lipinski definition) is 3. The summed E-state index contributed by atoms with van der Waals surface area (Å²) < 4.78 is 0. The SMILES string of the molecule is CN(Cc1ccncc1)C(=O)C(Cc1c[nH]c2ccccc12)NC(=O)c1ccccc1Cl. The van der Waals surface area contributed by atoms with Gasteiger partial charge in [0.15, 0.2) is 0 Å². The summed E-state index contributed by atoms with van der Waals surface area (Å²) in [7, 11) is 1.73. The maximum atomic E-state index is 13.4. The summed E-state index contributed by atoms with van der Waals surface area (Å²) in [5, 5.41) is 4.27. The van der Waals surface area contributed by atoms with Gasteiger partial charge in [-0.05, 0) is 41.5 Å². The first-order valence-electron chi connectivity index (χ1n) is 10.3. The van der Waals surface area contributed by atoms with E-state index in [0.717, 1.165) is 22.0 Å². The monoisotopic (exact) mass is 446 g/mol. The van der Waals surface area contributed by atoms with Crippen LogP contribution in [0.15, 0.2) is 79.3 Å². The summed E-state index contributed by atoms with van der Waals surface area (Å²) >= 11 is 6.21. The quantitative estimate of drug-likeness (QED) is 0.446. The van der Waals surface area contributed by atoms with Crippen LogP contribution in [0, 0.1) is 0 Å². The van der Waals surface area contributed by atoms with Crippen LogP contribution in [0.25, 0.3) is 10.9 Å². The second-order valence-corrected chi connectivity index (χ2v) is 8.03. The highest BCUT2D eigenvalue weighted by Crippen LogP contribution is 2.21. The summed E-state index contributed by atoms with van der Waals surface area (Å²) in [5.74, 6) is -0.571. The van der Waals surface area contributed by atoms with Crippen molar-refractivity contribution in [1.82, 2.24) is 20.2 Å². The molecule has 32 heavy (non-hydrogen) atoms. The number of aromatic nitrogens is 2. The van der Waals surface area contributed by atoms with Gasteiger partial charge in [-0.1, -0.05) is 41.9 Å². The molecule has 0 saturated carbocycles. The molecule has 0 aliphatic rings. The van der Waals surface area contributed by atoms with Crippen molar-refractivity contribution < 1.29 is 9.59 Å². The minimum absolute atomic E-state index is 0.188. The fraction of sp³-hybridized carbons (Fsp3) is 0.160. The normalized spacial score (nSPS) is 11.8. The fourth-order valence-electron chi connectivity index (χ4n) is 3.71. The first kappa shape index (κ1) is 21.6. The molecule has 162 valence electrons. The molecule has 1 atom stereocenters. The van der Waals surface area contributed by atoms with Gasteiger partial charge in [0.2, 0.25) is 5.91 Å². The molecule has 0 spiro atoms. The highest BCUT2D eigenvalue weighted by atomic mass is 35.5. The van der Waals surface area contributed by atoms with E-state index in [-0.39, 0.29) is 11.8 Å². The first-order valence-corrected chi connectivity index (χ1v) is 10.6. The summed E-state index contributed by atoms with van der Waals surface area (Å²) in [6.45, 7) is 0.410. The number of halogens is 1. The molecule has 0 bridgehead atoms. The number of nitrogens with zero attached hydrogens (tertiary/aromatic N) is 2. The molecular weight excluding hydrogens is 424 g/mol. The minimum Gasteiger partial charge on any atom is -0.361 e. The van der Waals surface area contributed by atoms with Crippen molar-refractivity contribution in [3.05, 3.63) is 101 Å². The summed E-state index contributed by atoms with van der Waals surface area (Å²) in [5.41, 5.74) is 3.23. The predicted molar refractivity (Wildman–Crippen MR) is 125 cm³/mol. The Bertz CT molecular complexity index is 1240. The number of amides is 2. The van der Waals surface area contributed by atoms with E-state index < -0.39 is 6.04 Å². The van der Waals surface area contributed by atoms with Crippen LogP contribution in [-0.2, 0) is 17.8 Å². The maximum absolute atomic E-state index is 13.4. The lowest BCUT2D eigenvalue weighted by molar-refractivity contribution is -0.132. The van der Waals surface area contributed by atoms with Crippen LogP contribution in [0.5, 0.6) is 0 Å². The standard InChI is InChI=1S/C25H23ClN4O2/c1-30(16-17-10-12-27-13-11-17)25(32)23(29-24(31)20-7-2-4-8-21(20)26)14-18-15-28-22-9-5-3-6-19(18)22/h2-13,15,23,28H,14,16H2,1H3,(H,29,31). The number of rotatable bonds is 7. The molecule has 4 rings (SSSR count). The van der Waals surface area contributed by atoms with E-state index in [9.17, 15) is 9.59 Å². The molecule has 2 aromatic heterocycles. The van der Waals surface area contributed by atoms with Gasteiger partial charge in [0, 0.05) is 49.5 Å². The van der Waals surface area contributed by atoms with Crippen LogP contribution in [-0.4, -0.2) is 39.8 Å². The van der Waals surface area contributed by atoms with E-state index in [1.165, 1.54) is 0 Å². The number of fused-ring (bicyclic) bond motifs is 1. The number of pyridine rings is 1. The molecule has 2 N–H and O–H groups in total. The lowest BCUT2D eigenvalue weighted by Gasteiger charge is -2.25.